The molecule has 1 atom stereocenters. The summed E-state index contributed by atoms with van der Waals surface area (Å²) in [5.41, 5.74) is 0.190. The van der Waals surface area contributed by atoms with Gasteiger partial charge in [-0.1, -0.05) is 11.6 Å². The van der Waals surface area contributed by atoms with Crippen molar-refractivity contribution in [3.63, 3.8) is 0 Å². The van der Waals surface area contributed by atoms with Gasteiger partial charge >= 0.3 is 0 Å². The molecule has 1 aromatic rings. The third-order valence-corrected chi connectivity index (χ3v) is 4.88. The summed E-state index contributed by atoms with van der Waals surface area (Å²) in [7, 11) is -3.11. The van der Waals surface area contributed by atoms with Gasteiger partial charge in [-0.3, -0.25) is 4.79 Å². The maximum Gasteiger partial charge on any atom is 0.168 e. The van der Waals surface area contributed by atoms with Gasteiger partial charge in [-0.15, -0.1) is 0 Å². The maximum absolute atomic E-state index is 12.8. The topological polar surface area (TPSA) is 51.2 Å². The fourth-order valence-electron chi connectivity index (χ4n) is 1.91. The highest BCUT2D eigenvalue weighted by Crippen LogP contribution is 2.26. The van der Waals surface area contributed by atoms with Crippen molar-refractivity contribution in [1.82, 2.24) is 0 Å². The van der Waals surface area contributed by atoms with Gasteiger partial charge in [-0.05, 0) is 24.6 Å². The molecule has 0 aromatic heterocycles. The van der Waals surface area contributed by atoms with Gasteiger partial charge in [0, 0.05) is 11.5 Å². The maximum atomic E-state index is 12.8. The Balaban J connectivity index is 2.27. The van der Waals surface area contributed by atoms with Crippen LogP contribution in [0.15, 0.2) is 18.2 Å². The van der Waals surface area contributed by atoms with E-state index in [9.17, 15) is 17.6 Å². The lowest BCUT2D eigenvalue weighted by molar-refractivity contribution is 0.0933. The number of halogens is 2. The van der Waals surface area contributed by atoms with Crippen LogP contribution in [0.3, 0.4) is 0 Å². The van der Waals surface area contributed by atoms with Gasteiger partial charge in [0.25, 0.3) is 0 Å². The standard InChI is InChI=1S/C11H10ClFO3S/c12-10-5-8(13)1-2-9(10)11(14)7-3-4-17(15,16)6-7/h1-2,5,7H,3-4,6H2. The Hall–Kier alpha value is -0.940. The Labute approximate surface area is 104 Å². The SMILES string of the molecule is O=C(c1ccc(F)cc1Cl)C1CCS(=O)(=O)C1. The summed E-state index contributed by atoms with van der Waals surface area (Å²) in [6.07, 6.45) is 0.314. The van der Waals surface area contributed by atoms with Crippen LogP contribution < -0.4 is 0 Å². The van der Waals surface area contributed by atoms with Gasteiger partial charge in [-0.2, -0.15) is 0 Å². The summed E-state index contributed by atoms with van der Waals surface area (Å²) in [4.78, 5) is 12.0. The first-order valence-corrected chi connectivity index (χ1v) is 7.29. The van der Waals surface area contributed by atoms with Crippen molar-refractivity contribution >= 4 is 27.2 Å². The van der Waals surface area contributed by atoms with Crippen LogP contribution in [0, 0.1) is 11.7 Å². The fourth-order valence-corrected chi connectivity index (χ4v) is 3.91. The first kappa shape index (κ1) is 12.5. The second kappa shape index (κ2) is 4.38. The summed E-state index contributed by atoms with van der Waals surface area (Å²) in [5.74, 6) is -1.51. The lowest BCUT2D eigenvalue weighted by Crippen LogP contribution is -2.16. The van der Waals surface area contributed by atoms with Gasteiger partial charge < -0.3 is 0 Å². The summed E-state index contributed by atoms with van der Waals surface area (Å²) in [5, 5.41) is 0.0271. The monoisotopic (exact) mass is 276 g/mol. The van der Waals surface area contributed by atoms with Crippen molar-refractivity contribution in [3.8, 4) is 0 Å². The van der Waals surface area contributed by atoms with Gasteiger partial charge in [-0.25, -0.2) is 12.8 Å². The van der Waals surface area contributed by atoms with E-state index in [0.717, 1.165) is 12.1 Å². The molecular formula is C11H10ClFO3S. The minimum atomic E-state index is -3.11. The van der Waals surface area contributed by atoms with Crippen molar-refractivity contribution in [3.05, 3.63) is 34.6 Å². The molecule has 0 amide bonds. The molecule has 0 radical (unpaired) electrons. The molecule has 1 aliphatic heterocycles. The van der Waals surface area contributed by atoms with Crippen molar-refractivity contribution in [2.45, 2.75) is 6.42 Å². The molecule has 92 valence electrons. The molecule has 1 unspecified atom stereocenters. The molecule has 1 saturated heterocycles. The van der Waals surface area contributed by atoms with Crippen LogP contribution in [0.2, 0.25) is 5.02 Å². The third kappa shape index (κ3) is 2.66. The van der Waals surface area contributed by atoms with Crippen LogP contribution in [0.4, 0.5) is 4.39 Å². The number of carbonyl (C=O) groups excluding carboxylic acids is 1. The van der Waals surface area contributed by atoms with E-state index in [4.69, 9.17) is 11.6 Å². The van der Waals surface area contributed by atoms with Gasteiger partial charge in [0.1, 0.15) is 5.82 Å². The predicted molar refractivity (Wildman–Crippen MR) is 62.5 cm³/mol. The largest absolute Gasteiger partial charge is 0.294 e. The Bertz CT molecular complexity index is 568. The zero-order valence-electron chi connectivity index (χ0n) is 8.82. The third-order valence-electron chi connectivity index (χ3n) is 2.80. The normalized spacial score (nSPS) is 22.6. The number of hydrogen-bond acceptors (Lipinski definition) is 3. The molecule has 1 aromatic carbocycles. The second-order valence-corrected chi connectivity index (χ2v) is 6.72. The average Bonchev–Trinajstić information content (AvgIpc) is 2.58. The number of Topliss-reactive ketones (excluding diaryl/α,β-unsaturated/α-hetero) is 1. The van der Waals surface area contributed by atoms with E-state index in [1.54, 1.807) is 0 Å². The zero-order chi connectivity index (χ0) is 12.6. The molecule has 17 heavy (non-hydrogen) atoms. The molecular weight excluding hydrogens is 267 g/mol. The molecule has 6 heteroatoms. The Morgan fingerprint density at radius 2 is 2.12 bits per heavy atom. The molecule has 3 nitrogen and oxygen atoms in total. The average molecular weight is 277 g/mol. The zero-order valence-corrected chi connectivity index (χ0v) is 10.4. The molecule has 0 bridgehead atoms. The number of ketones is 1. The highest BCUT2D eigenvalue weighted by atomic mass is 35.5. The van der Waals surface area contributed by atoms with Gasteiger partial charge in [0.15, 0.2) is 15.6 Å². The molecule has 2 rings (SSSR count). The molecule has 0 spiro atoms. The van der Waals surface area contributed by atoms with E-state index < -0.39 is 21.6 Å². The Morgan fingerprint density at radius 1 is 1.41 bits per heavy atom. The summed E-state index contributed by atoms with van der Waals surface area (Å²) in [6, 6.07) is 3.49. The Morgan fingerprint density at radius 3 is 2.65 bits per heavy atom. The lowest BCUT2D eigenvalue weighted by Gasteiger charge is -2.08. The minimum Gasteiger partial charge on any atom is -0.294 e. The van der Waals surface area contributed by atoms with Crippen molar-refractivity contribution in [2.75, 3.05) is 11.5 Å². The number of rotatable bonds is 2. The van der Waals surface area contributed by atoms with E-state index in [2.05, 4.69) is 0 Å². The van der Waals surface area contributed by atoms with Gasteiger partial charge in [0.05, 0.1) is 16.5 Å². The van der Waals surface area contributed by atoms with E-state index in [1.165, 1.54) is 6.07 Å². The molecule has 0 saturated carbocycles. The summed E-state index contributed by atoms with van der Waals surface area (Å²) in [6.45, 7) is 0. The molecule has 0 aliphatic carbocycles. The lowest BCUT2D eigenvalue weighted by atomic mass is 9.97. The van der Waals surface area contributed by atoms with Crippen LogP contribution in [0.25, 0.3) is 0 Å². The van der Waals surface area contributed by atoms with E-state index >= 15 is 0 Å². The minimum absolute atomic E-state index is 0.0271. The number of benzene rings is 1. The molecule has 1 aliphatic rings. The smallest absolute Gasteiger partial charge is 0.168 e. The fraction of sp³-hybridized carbons (Fsp3) is 0.364. The van der Waals surface area contributed by atoms with Crippen LogP contribution >= 0.6 is 11.6 Å². The molecule has 1 fully saturated rings. The van der Waals surface area contributed by atoms with Crippen LogP contribution in [0.1, 0.15) is 16.8 Å². The quantitative estimate of drug-likeness (QED) is 0.777. The van der Waals surface area contributed by atoms with Gasteiger partial charge in [0.2, 0.25) is 0 Å². The molecule has 0 N–H and O–H groups in total. The van der Waals surface area contributed by atoms with E-state index in [-0.39, 0.29) is 27.9 Å². The predicted octanol–water partition coefficient (Wildman–Crippen LogP) is 2.10. The van der Waals surface area contributed by atoms with Crippen LogP contribution in [0.5, 0.6) is 0 Å². The number of sulfone groups is 1. The first-order valence-electron chi connectivity index (χ1n) is 5.09. The highest BCUT2D eigenvalue weighted by Gasteiger charge is 2.34. The molecule has 1 heterocycles. The van der Waals surface area contributed by atoms with Crippen LogP contribution in [-0.4, -0.2) is 25.7 Å². The highest BCUT2D eigenvalue weighted by molar-refractivity contribution is 7.91. The number of carbonyl (C=O) groups is 1. The summed E-state index contributed by atoms with van der Waals surface area (Å²) >= 11 is 5.76. The Kier molecular flexibility index (Phi) is 3.23. The van der Waals surface area contributed by atoms with Crippen molar-refractivity contribution in [2.24, 2.45) is 5.92 Å². The second-order valence-electron chi connectivity index (χ2n) is 4.09. The first-order chi connectivity index (χ1) is 7.89. The van der Waals surface area contributed by atoms with Crippen LogP contribution in [-0.2, 0) is 9.84 Å². The van der Waals surface area contributed by atoms with Crippen molar-refractivity contribution < 1.29 is 17.6 Å². The van der Waals surface area contributed by atoms with E-state index in [0.29, 0.717) is 6.42 Å². The van der Waals surface area contributed by atoms with E-state index in [1.807, 2.05) is 0 Å². The summed E-state index contributed by atoms with van der Waals surface area (Å²) < 4.78 is 35.4. The van der Waals surface area contributed by atoms with Crippen molar-refractivity contribution in [1.29, 1.82) is 0 Å². The number of hydrogen-bond donors (Lipinski definition) is 0.